The van der Waals surface area contributed by atoms with E-state index < -0.39 is 0 Å². The highest BCUT2D eigenvalue weighted by molar-refractivity contribution is 8.00. The quantitative estimate of drug-likeness (QED) is 0.0458. The van der Waals surface area contributed by atoms with E-state index in [1.807, 2.05) is 84.9 Å². The lowest BCUT2D eigenvalue weighted by Crippen LogP contribution is -2.01. The lowest BCUT2D eigenvalue weighted by atomic mass is 10.2. The molecule has 8 nitrogen and oxygen atoms in total. The number of hydrogen-bond donors (Lipinski definition) is 2. The molecule has 0 aliphatic rings. The first-order chi connectivity index (χ1) is 19.3. The number of hydrazone groups is 2. The second-order valence-corrected chi connectivity index (χ2v) is 10.3. The van der Waals surface area contributed by atoms with Crippen molar-refractivity contribution >= 4 is 46.6 Å². The van der Waals surface area contributed by atoms with Gasteiger partial charge in [-0.25, -0.2) is 0 Å². The predicted molar refractivity (Wildman–Crippen MR) is 164 cm³/mol. The van der Waals surface area contributed by atoms with E-state index in [9.17, 15) is 9.81 Å². The summed E-state index contributed by atoms with van der Waals surface area (Å²) in [6.07, 6.45) is 0.959. The molecule has 0 atom stereocenters. The van der Waals surface area contributed by atoms with Crippen LogP contribution in [-0.2, 0) is 0 Å². The van der Waals surface area contributed by atoms with Gasteiger partial charge in [-0.3, -0.25) is 10.9 Å². The molecule has 10 heteroatoms. The monoisotopic (exact) mass is 554 g/mol. The van der Waals surface area contributed by atoms with E-state index in [0.717, 1.165) is 39.1 Å². The molecule has 0 radical (unpaired) electrons. The smallest absolute Gasteiger partial charge is 0.222 e. The summed E-state index contributed by atoms with van der Waals surface area (Å²) < 4.78 is 0. The van der Waals surface area contributed by atoms with Crippen molar-refractivity contribution in [2.24, 2.45) is 20.6 Å². The van der Waals surface area contributed by atoms with Crippen molar-refractivity contribution in [3.63, 3.8) is 0 Å². The average molecular weight is 555 g/mol. The number of amidine groups is 2. The Bertz CT molecular complexity index is 1320. The third-order valence-corrected chi connectivity index (χ3v) is 7.70. The molecule has 0 aromatic heterocycles. The zero-order valence-corrected chi connectivity index (χ0v) is 22.6. The normalized spacial score (nSPS) is 11.6. The van der Waals surface area contributed by atoms with Crippen LogP contribution in [0.3, 0.4) is 0 Å². The van der Waals surface area contributed by atoms with Crippen molar-refractivity contribution in [1.29, 1.82) is 0 Å². The Morgan fingerprint density at radius 2 is 0.923 bits per heavy atom. The number of anilines is 2. The second-order valence-electron chi connectivity index (χ2n) is 8.05. The molecule has 4 aromatic rings. The van der Waals surface area contributed by atoms with Crippen LogP contribution in [0.1, 0.15) is 17.5 Å². The highest BCUT2D eigenvalue weighted by Gasteiger charge is 2.08. The molecule has 0 aliphatic carbocycles. The van der Waals surface area contributed by atoms with Gasteiger partial charge in [0.25, 0.3) is 0 Å². The van der Waals surface area contributed by atoms with Crippen LogP contribution < -0.4 is 10.9 Å². The summed E-state index contributed by atoms with van der Waals surface area (Å²) >= 11 is 3.44. The molecular weight excluding hydrogens is 528 g/mol. The van der Waals surface area contributed by atoms with Crippen LogP contribution in [0.15, 0.2) is 140 Å². The summed E-state index contributed by atoms with van der Waals surface area (Å²) in [5.41, 5.74) is 8.93. The van der Waals surface area contributed by atoms with Gasteiger partial charge in [0.1, 0.15) is 0 Å². The largest absolute Gasteiger partial charge is 0.275 e. The molecule has 0 bridgehead atoms. The number of hydrogen-bond acceptors (Lipinski definition) is 8. The van der Waals surface area contributed by atoms with Crippen LogP contribution in [0.4, 0.5) is 11.4 Å². The van der Waals surface area contributed by atoms with E-state index in [1.165, 1.54) is 0 Å². The zero-order valence-electron chi connectivity index (χ0n) is 20.9. The standard InChI is InChI=1S/C29H26N6O2S2/c36-34-28(22-12-3-1-4-13-22)32-30-24-16-7-9-18-26(24)38-20-11-21-39-27-19-10-8-17-25(27)31-33-29(35-37)23-14-5-2-6-15-23/h1-10,12-19,30-31H,11,20-21H2/b32-28-,33-29-. The first kappa shape index (κ1) is 27.7. The van der Waals surface area contributed by atoms with Crippen molar-refractivity contribution in [3.05, 3.63) is 130 Å². The number of nitrogens with one attached hydrogen (secondary N) is 2. The number of rotatable bonds is 12. The van der Waals surface area contributed by atoms with E-state index in [1.54, 1.807) is 47.8 Å². The van der Waals surface area contributed by atoms with E-state index in [-0.39, 0.29) is 11.7 Å². The van der Waals surface area contributed by atoms with Gasteiger partial charge < -0.3 is 0 Å². The minimum absolute atomic E-state index is 0.100. The van der Waals surface area contributed by atoms with Gasteiger partial charge in [0, 0.05) is 20.9 Å². The summed E-state index contributed by atoms with van der Waals surface area (Å²) in [6.45, 7) is 0. The average Bonchev–Trinajstić information content (AvgIpc) is 3.00. The second kappa shape index (κ2) is 15.2. The highest BCUT2D eigenvalue weighted by Crippen LogP contribution is 2.31. The number of para-hydroxylation sites is 2. The fourth-order valence-electron chi connectivity index (χ4n) is 3.47. The Morgan fingerprint density at radius 1 is 0.538 bits per heavy atom. The summed E-state index contributed by atoms with van der Waals surface area (Å²) in [4.78, 5) is 24.7. The zero-order chi connectivity index (χ0) is 27.1. The molecule has 0 saturated heterocycles. The molecule has 0 spiro atoms. The summed E-state index contributed by atoms with van der Waals surface area (Å²) in [5.74, 6) is 1.99. The van der Waals surface area contributed by atoms with Gasteiger partial charge in [-0.15, -0.1) is 33.3 Å². The van der Waals surface area contributed by atoms with Crippen LogP contribution in [0, 0.1) is 9.81 Å². The van der Waals surface area contributed by atoms with Crippen LogP contribution in [0.5, 0.6) is 0 Å². The first-order valence-corrected chi connectivity index (χ1v) is 14.1. The number of nitroso groups, excluding NO2 is 2. The number of thioether (sulfide) groups is 2. The molecule has 0 saturated carbocycles. The van der Waals surface area contributed by atoms with Gasteiger partial charge in [-0.2, -0.15) is 10.2 Å². The van der Waals surface area contributed by atoms with Crippen LogP contribution in [0.25, 0.3) is 0 Å². The molecule has 0 amide bonds. The summed E-state index contributed by atoms with van der Waals surface area (Å²) in [6, 6.07) is 34.0. The van der Waals surface area contributed by atoms with Gasteiger partial charge in [-0.05, 0) is 52.5 Å². The fraction of sp³-hybridized carbons (Fsp3) is 0.103. The van der Waals surface area contributed by atoms with Gasteiger partial charge >= 0.3 is 0 Å². The first-order valence-electron chi connectivity index (χ1n) is 12.2. The van der Waals surface area contributed by atoms with Crippen LogP contribution in [0.2, 0.25) is 0 Å². The van der Waals surface area contributed by atoms with Crippen molar-refractivity contribution in [2.75, 3.05) is 22.4 Å². The number of benzene rings is 4. The van der Waals surface area contributed by atoms with Crippen molar-refractivity contribution in [1.82, 2.24) is 0 Å². The van der Waals surface area contributed by atoms with Crippen molar-refractivity contribution in [3.8, 4) is 0 Å². The predicted octanol–water partition coefficient (Wildman–Crippen LogP) is 8.04. The van der Waals surface area contributed by atoms with Gasteiger partial charge in [0.15, 0.2) is 0 Å². The van der Waals surface area contributed by atoms with E-state index in [0.29, 0.717) is 11.1 Å². The Kier molecular flexibility index (Phi) is 10.8. The minimum atomic E-state index is 0.100. The van der Waals surface area contributed by atoms with E-state index in [2.05, 4.69) is 31.4 Å². The maximum absolute atomic E-state index is 11.3. The Morgan fingerprint density at radius 3 is 1.33 bits per heavy atom. The SMILES string of the molecule is O=N/C(=N\Nc1ccccc1SCCCSc1ccccc1N/N=C(\N=O)c1ccccc1)c1ccccc1. The van der Waals surface area contributed by atoms with Crippen molar-refractivity contribution < 1.29 is 0 Å². The summed E-state index contributed by atoms with van der Waals surface area (Å²) in [7, 11) is 0. The Labute approximate surface area is 235 Å². The van der Waals surface area contributed by atoms with E-state index in [4.69, 9.17) is 0 Å². The van der Waals surface area contributed by atoms with Crippen LogP contribution >= 0.6 is 23.5 Å². The Hall–Kier alpha value is -4.28. The van der Waals surface area contributed by atoms with Crippen molar-refractivity contribution in [2.45, 2.75) is 16.2 Å². The third-order valence-electron chi connectivity index (χ3n) is 5.38. The molecule has 0 unspecified atom stereocenters. The molecule has 2 N–H and O–H groups in total. The molecule has 0 aliphatic heterocycles. The molecule has 0 heterocycles. The maximum Gasteiger partial charge on any atom is 0.222 e. The summed E-state index contributed by atoms with van der Waals surface area (Å²) in [5, 5.41) is 14.6. The molecule has 4 rings (SSSR count). The van der Waals surface area contributed by atoms with E-state index >= 15 is 0 Å². The number of nitrogens with zero attached hydrogens (tertiary/aromatic N) is 4. The third kappa shape index (κ3) is 8.36. The molecule has 196 valence electrons. The molecular formula is C29H26N6O2S2. The Balaban J connectivity index is 1.30. The topological polar surface area (TPSA) is 108 Å². The lowest BCUT2D eigenvalue weighted by molar-refractivity contribution is 1.12. The highest BCUT2D eigenvalue weighted by atomic mass is 32.2. The lowest BCUT2D eigenvalue weighted by Gasteiger charge is -2.10. The molecule has 4 aromatic carbocycles. The van der Waals surface area contributed by atoms with Gasteiger partial charge in [0.2, 0.25) is 11.7 Å². The minimum Gasteiger partial charge on any atom is -0.275 e. The van der Waals surface area contributed by atoms with Gasteiger partial charge in [-0.1, -0.05) is 84.9 Å². The molecule has 39 heavy (non-hydrogen) atoms. The fourth-order valence-corrected chi connectivity index (χ4v) is 5.56. The van der Waals surface area contributed by atoms with Gasteiger partial charge in [0.05, 0.1) is 11.4 Å². The maximum atomic E-state index is 11.3. The van der Waals surface area contributed by atoms with Crippen LogP contribution in [-0.4, -0.2) is 23.2 Å². The molecule has 0 fully saturated rings.